The Morgan fingerprint density at radius 2 is 1.80 bits per heavy atom. The number of esters is 1. The lowest BCUT2D eigenvalue weighted by Crippen LogP contribution is -2.45. The van der Waals surface area contributed by atoms with Crippen LogP contribution in [-0.2, 0) is 11.8 Å². The van der Waals surface area contributed by atoms with E-state index in [1.54, 1.807) is 44.2 Å². The highest BCUT2D eigenvalue weighted by molar-refractivity contribution is 6.07. The summed E-state index contributed by atoms with van der Waals surface area (Å²) in [5.74, 6) is -1.42. The van der Waals surface area contributed by atoms with Crippen molar-refractivity contribution in [2.75, 3.05) is 6.61 Å². The summed E-state index contributed by atoms with van der Waals surface area (Å²) in [5.41, 5.74) is 2.32. The van der Waals surface area contributed by atoms with E-state index in [4.69, 9.17) is 4.74 Å². The van der Waals surface area contributed by atoms with Gasteiger partial charge in [-0.2, -0.15) is 0 Å². The summed E-state index contributed by atoms with van der Waals surface area (Å²) >= 11 is 0. The van der Waals surface area contributed by atoms with Gasteiger partial charge in [-0.15, -0.1) is 0 Å². The summed E-state index contributed by atoms with van der Waals surface area (Å²) < 4.78 is 20.1. The molecule has 160 valence electrons. The van der Waals surface area contributed by atoms with E-state index in [0.29, 0.717) is 28.1 Å². The Morgan fingerprint density at radius 1 is 1.20 bits per heavy atom. The summed E-state index contributed by atoms with van der Waals surface area (Å²) in [7, 11) is 1.72. The van der Waals surface area contributed by atoms with Gasteiger partial charge < -0.3 is 14.2 Å². The number of benzene rings is 1. The van der Waals surface area contributed by atoms with Crippen LogP contribution in [0.1, 0.15) is 69.2 Å². The highest BCUT2D eigenvalue weighted by atomic mass is 19.1. The fourth-order valence-electron chi connectivity index (χ4n) is 3.92. The lowest BCUT2D eigenvalue weighted by molar-refractivity contribution is 0.0513. The minimum atomic E-state index is -0.718. The molecule has 7 heteroatoms. The van der Waals surface area contributed by atoms with Crippen molar-refractivity contribution in [1.82, 2.24) is 9.47 Å². The van der Waals surface area contributed by atoms with Crippen LogP contribution < -0.4 is 0 Å². The number of Topliss-reactive ketones (excluding diaryl/α,β-unsaturated/α-hetero) is 1. The Kier molecular flexibility index (Phi) is 6.10. The smallest absolute Gasteiger partial charge is 0.355 e. The minimum Gasteiger partial charge on any atom is -0.461 e. The molecule has 30 heavy (non-hydrogen) atoms. The number of nitrogens with zero attached hydrogens (tertiary/aromatic N) is 2. The van der Waals surface area contributed by atoms with Crippen molar-refractivity contribution in [3.63, 3.8) is 0 Å². The van der Waals surface area contributed by atoms with Crippen LogP contribution in [0.15, 0.2) is 24.3 Å². The summed E-state index contributed by atoms with van der Waals surface area (Å²) in [6.45, 7) is 7.18. The zero-order valence-corrected chi connectivity index (χ0v) is 18.0. The maximum atomic E-state index is 13.5. The van der Waals surface area contributed by atoms with E-state index in [1.807, 2.05) is 0 Å². The molecule has 0 saturated heterocycles. The normalized spacial score (nSPS) is 14.3. The molecule has 1 aliphatic carbocycles. The number of ether oxygens (including phenoxy) is 1. The highest BCUT2D eigenvalue weighted by Crippen LogP contribution is 2.32. The van der Waals surface area contributed by atoms with Gasteiger partial charge in [0, 0.05) is 29.9 Å². The molecule has 1 fully saturated rings. The molecular weight excluding hydrogens is 387 g/mol. The van der Waals surface area contributed by atoms with Crippen molar-refractivity contribution in [2.45, 2.75) is 52.6 Å². The van der Waals surface area contributed by atoms with Crippen molar-refractivity contribution in [3.05, 3.63) is 58.2 Å². The second kappa shape index (κ2) is 8.42. The lowest BCUT2D eigenvalue weighted by atomic mass is 9.99. The Balaban J connectivity index is 1.95. The van der Waals surface area contributed by atoms with Crippen LogP contribution in [0.4, 0.5) is 4.39 Å². The number of amides is 1. The maximum Gasteiger partial charge on any atom is 0.355 e. The fraction of sp³-hybridized carbons (Fsp3) is 0.435. The van der Waals surface area contributed by atoms with Gasteiger partial charge in [0.05, 0.1) is 12.6 Å². The third-order valence-corrected chi connectivity index (χ3v) is 5.71. The van der Waals surface area contributed by atoms with Gasteiger partial charge in [-0.3, -0.25) is 9.59 Å². The highest BCUT2D eigenvalue weighted by Gasteiger charge is 2.40. The van der Waals surface area contributed by atoms with Crippen LogP contribution in [-0.4, -0.2) is 45.8 Å². The molecule has 0 radical (unpaired) electrons. The van der Waals surface area contributed by atoms with Crippen LogP contribution in [0.5, 0.6) is 0 Å². The van der Waals surface area contributed by atoms with Crippen LogP contribution >= 0.6 is 0 Å². The van der Waals surface area contributed by atoms with Gasteiger partial charge >= 0.3 is 5.97 Å². The maximum absolute atomic E-state index is 13.5. The van der Waals surface area contributed by atoms with Crippen molar-refractivity contribution >= 4 is 17.7 Å². The molecule has 1 saturated carbocycles. The molecule has 0 bridgehead atoms. The number of carbonyl (C=O) groups excluding carboxylic acids is 3. The van der Waals surface area contributed by atoms with E-state index in [9.17, 15) is 18.8 Å². The average molecular weight is 414 g/mol. The number of aromatic nitrogens is 1. The first-order chi connectivity index (χ1) is 14.2. The average Bonchev–Trinajstić information content (AvgIpc) is 3.50. The molecule has 1 aromatic carbocycles. The molecule has 0 spiro atoms. The largest absolute Gasteiger partial charge is 0.461 e. The van der Waals surface area contributed by atoms with E-state index in [0.717, 1.165) is 12.8 Å². The minimum absolute atomic E-state index is 0.0182. The monoisotopic (exact) mass is 414 g/mol. The van der Waals surface area contributed by atoms with Gasteiger partial charge in [-0.25, -0.2) is 9.18 Å². The Bertz CT molecular complexity index is 990. The number of hydrogen-bond donors (Lipinski definition) is 0. The molecule has 1 amide bonds. The van der Waals surface area contributed by atoms with Gasteiger partial charge in [-0.1, -0.05) is 0 Å². The number of ketones is 1. The fourth-order valence-corrected chi connectivity index (χ4v) is 3.92. The Hall–Kier alpha value is -2.96. The van der Waals surface area contributed by atoms with Crippen molar-refractivity contribution in [3.8, 4) is 0 Å². The second-order valence-electron chi connectivity index (χ2n) is 7.70. The molecule has 1 atom stereocenters. The predicted molar refractivity (Wildman–Crippen MR) is 110 cm³/mol. The summed E-state index contributed by atoms with van der Waals surface area (Å²) in [5, 5.41) is 0. The Labute approximate surface area is 175 Å². The lowest BCUT2D eigenvalue weighted by Gasteiger charge is -2.29. The van der Waals surface area contributed by atoms with Gasteiger partial charge in [0.15, 0.2) is 5.78 Å². The molecular formula is C23H27FN2O4. The molecule has 0 aliphatic heterocycles. The third kappa shape index (κ3) is 3.88. The van der Waals surface area contributed by atoms with Gasteiger partial charge in [0.2, 0.25) is 0 Å². The second-order valence-corrected chi connectivity index (χ2v) is 7.70. The van der Waals surface area contributed by atoms with Crippen LogP contribution in [0.25, 0.3) is 0 Å². The van der Waals surface area contributed by atoms with Crippen LogP contribution in [0.2, 0.25) is 0 Å². The first kappa shape index (κ1) is 21.7. The molecule has 1 aromatic heterocycles. The number of halogens is 1. The first-order valence-corrected chi connectivity index (χ1v) is 10.1. The topological polar surface area (TPSA) is 68.6 Å². The van der Waals surface area contributed by atoms with E-state index in [1.165, 1.54) is 24.3 Å². The van der Waals surface area contributed by atoms with Crippen LogP contribution in [0, 0.1) is 19.7 Å². The van der Waals surface area contributed by atoms with E-state index in [2.05, 4.69) is 0 Å². The SMILES string of the molecule is CCOC(=O)c1c(C)c(C(=O)[C@H](C)N(C(=O)c2ccc(F)cc2)C2CC2)c(C)n1C. The number of carbonyl (C=O) groups is 3. The zero-order valence-electron chi connectivity index (χ0n) is 18.0. The third-order valence-electron chi connectivity index (χ3n) is 5.71. The predicted octanol–water partition coefficient (Wildman–Crippen LogP) is 3.83. The number of rotatable bonds is 7. The van der Waals surface area contributed by atoms with Crippen LogP contribution in [0.3, 0.4) is 0 Å². The van der Waals surface area contributed by atoms with E-state index >= 15 is 0 Å². The van der Waals surface area contributed by atoms with Gasteiger partial charge in [0.1, 0.15) is 11.5 Å². The van der Waals surface area contributed by atoms with E-state index < -0.39 is 17.8 Å². The standard InChI is InChI=1S/C23H27FN2O4/c1-6-30-23(29)20-13(2)19(14(3)25(20)5)21(27)15(4)26(18-11-12-18)22(28)16-7-9-17(24)10-8-16/h7-10,15,18H,6,11-12H2,1-5H3/t15-/m0/s1. The van der Waals surface area contributed by atoms with E-state index in [-0.39, 0.29) is 24.3 Å². The first-order valence-electron chi connectivity index (χ1n) is 10.1. The van der Waals surface area contributed by atoms with Crippen molar-refractivity contribution in [2.24, 2.45) is 7.05 Å². The molecule has 3 rings (SSSR count). The molecule has 6 nitrogen and oxygen atoms in total. The molecule has 0 unspecified atom stereocenters. The Morgan fingerprint density at radius 3 is 2.33 bits per heavy atom. The zero-order chi connectivity index (χ0) is 22.2. The summed E-state index contributed by atoms with van der Waals surface area (Å²) in [6, 6.07) is 4.61. The van der Waals surface area contributed by atoms with Crippen molar-refractivity contribution in [1.29, 1.82) is 0 Å². The summed E-state index contributed by atoms with van der Waals surface area (Å²) in [6.07, 6.45) is 1.65. The summed E-state index contributed by atoms with van der Waals surface area (Å²) in [4.78, 5) is 40.6. The quantitative estimate of drug-likeness (QED) is 0.510. The number of hydrogen-bond acceptors (Lipinski definition) is 4. The van der Waals surface area contributed by atoms with Gasteiger partial charge in [-0.05, 0) is 70.4 Å². The molecule has 0 N–H and O–H groups in total. The van der Waals surface area contributed by atoms with Gasteiger partial charge in [0.25, 0.3) is 5.91 Å². The van der Waals surface area contributed by atoms with Crippen molar-refractivity contribution < 1.29 is 23.5 Å². The molecule has 2 aromatic rings. The molecule has 1 aliphatic rings. The molecule has 1 heterocycles.